The fourth-order valence-electron chi connectivity index (χ4n) is 4.06. The fourth-order valence-corrected chi connectivity index (χ4v) is 4.06. The number of hydrogen-bond acceptors (Lipinski definition) is 5. The van der Waals surface area contributed by atoms with Crippen LogP contribution in [0.25, 0.3) is 11.0 Å². The van der Waals surface area contributed by atoms with Crippen LogP contribution in [0.3, 0.4) is 0 Å². The highest BCUT2D eigenvalue weighted by molar-refractivity contribution is 5.97. The van der Waals surface area contributed by atoms with Gasteiger partial charge in [0.05, 0.1) is 23.6 Å². The van der Waals surface area contributed by atoms with Crippen molar-refractivity contribution in [1.29, 1.82) is 0 Å². The lowest BCUT2D eigenvalue weighted by molar-refractivity contribution is 0.0735. The Morgan fingerprint density at radius 2 is 1.90 bits per heavy atom. The molecule has 4 rings (SSSR count). The summed E-state index contributed by atoms with van der Waals surface area (Å²) in [5.74, 6) is 0.633. The minimum Gasteiger partial charge on any atom is -0.494 e. The topological polar surface area (TPSA) is 86.4 Å². The van der Waals surface area contributed by atoms with Crippen molar-refractivity contribution in [3.05, 3.63) is 68.5 Å². The van der Waals surface area contributed by atoms with Crippen molar-refractivity contribution >= 4 is 16.9 Å². The molecule has 156 valence electrons. The summed E-state index contributed by atoms with van der Waals surface area (Å²) >= 11 is 0. The van der Waals surface area contributed by atoms with Crippen molar-refractivity contribution in [2.75, 3.05) is 13.2 Å². The van der Waals surface area contributed by atoms with Crippen LogP contribution in [-0.2, 0) is 14.1 Å². The lowest BCUT2D eigenvalue weighted by Crippen LogP contribution is -2.37. The molecule has 1 aliphatic rings. The number of aryl methyl sites for hydroxylation is 1. The predicted octanol–water partition coefficient (Wildman–Crippen LogP) is 2.01. The molecule has 1 amide bonds. The first-order chi connectivity index (χ1) is 14.4. The Bertz CT molecular complexity index is 1230. The number of aromatic nitrogens is 3. The normalized spacial score (nSPS) is 16.2. The molecular formula is C22H24N4O4. The van der Waals surface area contributed by atoms with E-state index in [1.807, 2.05) is 36.1 Å². The molecule has 1 aromatic carbocycles. The van der Waals surface area contributed by atoms with E-state index in [0.29, 0.717) is 18.7 Å². The van der Waals surface area contributed by atoms with Crippen molar-refractivity contribution in [3.8, 4) is 5.75 Å². The first-order valence-electron chi connectivity index (χ1n) is 10.0. The van der Waals surface area contributed by atoms with Crippen LogP contribution in [0.1, 0.15) is 41.7 Å². The van der Waals surface area contributed by atoms with E-state index in [2.05, 4.69) is 4.98 Å². The second-order valence-electron chi connectivity index (χ2n) is 7.46. The van der Waals surface area contributed by atoms with Gasteiger partial charge in [-0.2, -0.15) is 0 Å². The molecule has 0 N–H and O–H groups in total. The van der Waals surface area contributed by atoms with E-state index in [1.165, 1.54) is 17.8 Å². The van der Waals surface area contributed by atoms with Crippen molar-refractivity contribution < 1.29 is 9.53 Å². The number of ether oxygens (including phenoxy) is 1. The summed E-state index contributed by atoms with van der Waals surface area (Å²) in [4.78, 5) is 44.0. The third-order valence-electron chi connectivity index (χ3n) is 5.63. The van der Waals surface area contributed by atoms with E-state index in [4.69, 9.17) is 4.74 Å². The molecule has 30 heavy (non-hydrogen) atoms. The monoisotopic (exact) mass is 408 g/mol. The highest BCUT2D eigenvalue weighted by Crippen LogP contribution is 2.34. The average molecular weight is 408 g/mol. The molecule has 0 saturated carbocycles. The van der Waals surface area contributed by atoms with Gasteiger partial charge in [-0.25, -0.2) is 9.78 Å². The van der Waals surface area contributed by atoms with Gasteiger partial charge in [0, 0.05) is 26.8 Å². The Balaban J connectivity index is 1.68. The largest absolute Gasteiger partial charge is 0.494 e. The maximum atomic E-state index is 13.3. The van der Waals surface area contributed by atoms with Crippen LogP contribution in [-0.4, -0.2) is 38.1 Å². The van der Waals surface area contributed by atoms with E-state index in [0.717, 1.165) is 28.7 Å². The van der Waals surface area contributed by atoms with Gasteiger partial charge in [0.1, 0.15) is 11.4 Å². The van der Waals surface area contributed by atoms with Crippen LogP contribution in [0.2, 0.25) is 0 Å². The number of benzene rings is 1. The zero-order chi connectivity index (χ0) is 21.4. The van der Waals surface area contributed by atoms with Crippen molar-refractivity contribution in [3.63, 3.8) is 0 Å². The third-order valence-corrected chi connectivity index (χ3v) is 5.63. The molecule has 0 spiro atoms. The summed E-state index contributed by atoms with van der Waals surface area (Å²) in [6.45, 7) is 3.18. The molecule has 8 heteroatoms. The zero-order valence-electron chi connectivity index (χ0n) is 17.3. The van der Waals surface area contributed by atoms with Gasteiger partial charge in [-0.1, -0.05) is 12.1 Å². The molecule has 1 atom stereocenters. The summed E-state index contributed by atoms with van der Waals surface area (Å²) in [5, 5.41) is 0.252. The lowest BCUT2D eigenvalue weighted by atomic mass is 10.0. The molecule has 1 fully saturated rings. The maximum Gasteiger partial charge on any atom is 0.332 e. The highest BCUT2D eigenvalue weighted by atomic mass is 16.5. The lowest BCUT2D eigenvalue weighted by Gasteiger charge is -2.25. The zero-order valence-corrected chi connectivity index (χ0v) is 17.3. The van der Waals surface area contributed by atoms with E-state index in [1.54, 1.807) is 13.1 Å². The Morgan fingerprint density at radius 1 is 1.17 bits per heavy atom. The summed E-state index contributed by atoms with van der Waals surface area (Å²) in [6, 6.07) is 9.33. The molecule has 2 aromatic heterocycles. The fraction of sp³-hybridized carbons (Fsp3) is 0.364. The average Bonchev–Trinajstić information content (AvgIpc) is 3.26. The summed E-state index contributed by atoms with van der Waals surface area (Å²) in [7, 11) is 2.97. The summed E-state index contributed by atoms with van der Waals surface area (Å²) in [6.07, 6.45) is 3.22. The van der Waals surface area contributed by atoms with Crippen LogP contribution in [0.4, 0.5) is 0 Å². The summed E-state index contributed by atoms with van der Waals surface area (Å²) in [5.41, 5.74) is 0.755. The first kappa shape index (κ1) is 19.9. The number of amides is 1. The first-order valence-corrected chi connectivity index (χ1v) is 10.0. The molecule has 0 aliphatic carbocycles. The van der Waals surface area contributed by atoms with Gasteiger partial charge in [0.25, 0.3) is 11.5 Å². The number of hydrogen-bond donors (Lipinski definition) is 0. The van der Waals surface area contributed by atoms with Crippen molar-refractivity contribution in [2.24, 2.45) is 14.1 Å². The molecule has 1 unspecified atom stereocenters. The number of rotatable bonds is 4. The van der Waals surface area contributed by atoms with E-state index < -0.39 is 11.2 Å². The minimum absolute atomic E-state index is 0.0353. The molecule has 0 bridgehead atoms. The van der Waals surface area contributed by atoms with Gasteiger partial charge in [0.15, 0.2) is 0 Å². The molecule has 3 aromatic rings. The molecular weight excluding hydrogens is 384 g/mol. The second-order valence-corrected chi connectivity index (χ2v) is 7.46. The molecule has 8 nitrogen and oxygen atoms in total. The number of carbonyl (C=O) groups excluding carboxylic acids is 1. The SMILES string of the molecule is CCOc1ccc(C2CCCN2C(=O)c2cnc3c(c2)c(=O)n(C)c(=O)n3C)cc1. The van der Waals surface area contributed by atoms with Gasteiger partial charge in [-0.05, 0) is 43.5 Å². The summed E-state index contributed by atoms with van der Waals surface area (Å²) < 4.78 is 7.84. The van der Waals surface area contributed by atoms with E-state index in [9.17, 15) is 14.4 Å². The number of fused-ring (bicyclic) bond motifs is 1. The van der Waals surface area contributed by atoms with Gasteiger partial charge >= 0.3 is 5.69 Å². The quantitative estimate of drug-likeness (QED) is 0.659. The molecule has 3 heterocycles. The van der Waals surface area contributed by atoms with Crippen LogP contribution >= 0.6 is 0 Å². The molecule has 0 radical (unpaired) electrons. The minimum atomic E-state index is -0.459. The van der Waals surface area contributed by atoms with Gasteiger partial charge in [-0.3, -0.25) is 18.7 Å². The Morgan fingerprint density at radius 3 is 2.60 bits per heavy atom. The molecule has 1 saturated heterocycles. The number of carbonyl (C=O) groups is 1. The van der Waals surface area contributed by atoms with Gasteiger partial charge in [0.2, 0.25) is 0 Å². The van der Waals surface area contributed by atoms with Gasteiger partial charge < -0.3 is 9.64 Å². The molecule has 1 aliphatic heterocycles. The standard InChI is InChI=1S/C22H24N4O4/c1-4-30-16-9-7-14(8-10-16)18-6-5-11-26(18)20(27)15-12-17-19(23-13-15)24(2)22(29)25(3)21(17)28/h7-10,12-13,18H,4-6,11H2,1-3H3. The number of likely N-dealkylation sites (tertiary alicyclic amines) is 1. The van der Waals surface area contributed by atoms with Crippen LogP contribution in [0.15, 0.2) is 46.1 Å². The van der Waals surface area contributed by atoms with Crippen LogP contribution in [0, 0.1) is 0 Å². The smallest absolute Gasteiger partial charge is 0.332 e. The highest BCUT2D eigenvalue weighted by Gasteiger charge is 2.31. The van der Waals surface area contributed by atoms with Crippen molar-refractivity contribution in [1.82, 2.24) is 19.0 Å². The Labute approximate surface area is 173 Å². The Kier molecular flexibility index (Phi) is 5.15. The predicted molar refractivity (Wildman–Crippen MR) is 113 cm³/mol. The van der Waals surface area contributed by atoms with E-state index in [-0.39, 0.29) is 23.0 Å². The van der Waals surface area contributed by atoms with Crippen LogP contribution < -0.4 is 16.0 Å². The number of nitrogens with zero attached hydrogens (tertiary/aromatic N) is 4. The number of pyridine rings is 1. The van der Waals surface area contributed by atoms with Crippen molar-refractivity contribution in [2.45, 2.75) is 25.8 Å². The van der Waals surface area contributed by atoms with Gasteiger partial charge in [-0.15, -0.1) is 0 Å². The second kappa shape index (κ2) is 7.78. The third kappa shape index (κ3) is 3.28. The van der Waals surface area contributed by atoms with Crippen LogP contribution in [0.5, 0.6) is 5.75 Å². The maximum absolute atomic E-state index is 13.3. The Hall–Kier alpha value is -3.42. The van der Waals surface area contributed by atoms with E-state index >= 15 is 0 Å².